The van der Waals surface area contributed by atoms with Crippen molar-refractivity contribution in [3.8, 4) is 0 Å². The van der Waals surface area contributed by atoms with Crippen LogP contribution in [0, 0.1) is 0 Å². The van der Waals surface area contributed by atoms with E-state index < -0.39 is 0 Å². The molecule has 2 aliphatic rings. The number of allylic oxidation sites excluding steroid dienone is 3. The van der Waals surface area contributed by atoms with Crippen LogP contribution in [0.15, 0.2) is 55.5 Å². The molecular weight excluding hydrogens is 220 g/mol. The van der Waals surface area contributed by atoms with Crippen LogP contribution >= 0.6 is 23.5 Å². The summed E-state index contributed by atoms with van der Waals surface area (Å²) in [5.41, 5.74) is 1.46. The van der Waals surface area contributed by atoms with Crippen molar-refractivity contribution in [3.05, 3.63) is 45.7 Å². The van der Waals surface area contributed by atoms with Crippen LogP contribution in [0.3, 0.4) is 0 Å². The molecule has 0 atom stereocenters. The maximum absolute atomic E-state index is 2.36. The summed E-state index contributed by atoms with van der Waals surface area (Å²) in [7, 11) is 0. The molecule has 0 aromatic heterocycles. The lowest BCUT2D eigenvalue weighted by Crippen LogP contribution is -1.98. The van der Waals surface area contributed by atoms with Crippen LogP contribution in [0.5, 0.6) is 0 Å². The first-order valence-electron chi connectivity index (χ1n) is 5.19. The SMILES string of the molecule is CC1=CCCC2=C1Sc1ccccc1S2. The standard InChI is InChI=1S/C13H12S2/c1-9-5-4-8-12-13(9)15-11-7-3-2-6-10(11)14-12/h2-3,5-7H,4,8H2,1H3. The zero-order valence-corrected chi connectivity index (χ0v) is 10.3. The average Bonchev–Trinajstić information content (AvgIpc) is 2.27. The molecule has 0 bridgehead atoms. The highest BCUT2D eigenvalue weighted by molar-refractivity contribution is 8.09. The Morgan fingerprint density at radius 1 is 1.07 bits per heavy atom. The molecule has 0 nitrogen and oxygen atoms in total. The van der Waals surface area contributed by atoms with E-state index in [9.17, 15) is 0 Å². The third kappa shape index (κ3) is 1.66. The van der Waals surface area contributed by atoms with E-state index in [0.717, 1.165) is 0 Å². The van der Waals surface area contributed by atoms with Crippen molar-refractivity contribution < 1.29 is 0 Å². The number of benzene rings is 1. The van der Waals surface area contributed by atoms with Gasteiger partial charge in [0.25, 0.3) is 0 Å². The van der Waals surface area contributed by atoms with Crippen molar-refractivity contribution >= 4 is 23.5 Å². The molecule has 0 saturated heterocycles. The minimum atomic E-state index is 1.21. The van der Waals surface area contributed by atoms with Crippen molar-refractivity contribution in [2.24, 2.45) is 0 Å². The number of rotatable bonds is 0. The number of thioether (sulfide) groups is 2. The molecule has 0 N–H and O–H groups in total. The van der Waals surface area contributed by atoms with Gasteiger partial charge in [0.1, 0.15) is 0 Å². The monoisotopic (exact) mass is 232 g/mol. The predicted octanol–water partition coefficient (Wildman–Crippen LogP) is 4.84. The molecule has 1 aliphatic heterocycles. The first-order chi connectivity index (χ1) is 7.34. The summed E-state index contributed by atoms with van der Waals surface area (Å²) in [5.74, 6) is 0. The Labute approximate surface area is 98.8 Å². The fourth-order valence-electron chi connectivity index (χ4n) is 1.94. The Kier molecular flexibility index (Phi) is 2.41. The van der Waals surface area contributed by atoms with Crippen LogP contribution in [0.25, 0.3) is 0 Å². The second kappa shape index (κ2) is 3.76. The van der Waals surface area contributed by atoms with Crippen LogP contribution in [-0.4, -0.2) is 0 Å². The summed E-state index contributed by atoms with van der Waals surface area (Å²) in [6, 6.07) is 8.70. The molecule has 0 amide bonds. The minimum Gasteiger partial charge on any atom is -0.0922 e. The van der Waals surface area contributed by atoms with Gasteiger partial charge in [-0.25, -0.2) is 0 Å². The highest BCUT2D eigenvalue weighted by Gasteiger charge is 2.21. The molecule has 1 aromatic carbocycles. The van der Waals surface area contributed by atoms with E-state index in [1.165, 1.54) is 33.1 Å². The molecule has 1 aliphatic carbocycles. The van der Waals surface area contributed by atoms with Crippen LogP contribution in [0.2, 0.25) is 0 Å². The van der Waals surface area contributed by atoms with Crippen molar-refractivity contribution in [1.82, 2.24) is 0 Å². The van der Waals surface area contributed by atoms with Crippen molar-refractivity contribution in [2.75, 3.05) is 0 Å². The van der Waals surface area contributed by atoms with Gasteiger partial charge in [0.05, 0.1) is 0 Å². The maximum atomic E-state index is 2.36. The summed E-state index contributed by atoms with van der Waals surface area (Å²) < 4.78 is 0. The van der Waals surface area contributed by atoms with E-state index in [0.29, 0.717) is 0 Å². The number of hydrogen-bond acceptors (Lipinski definition) is 2. The minimum absolute atomic E-state index is 1.21. The molecule has 0 spiro atoms. The lowest BCUT2D eigenvalue weighted by Gasteiger charge is -2.24. The quantitative estimate of drug-likeness (QED) is 0.628. The molecule has 1 aromatic rings. The second-order valence-corrected chi connectivity index (χ2v) is 6.02. The predicted molar refractivity (Wildman–Crippen MR) is 68.2 cm³/mol. The number of hydrogen-bond donors (Lipinski definition) is 0. The van der Waals surface area contributed by atoms with Gasteiger partial charge < -0.3 is 0 Å². The average molecular weight is 232 g/mol. The Hall–Kier alpha value is -0.600. The van der Waals surface area contributed by atoms with Crippen molar-refractivity contribution in [2.45, 2.75) is 29.6 Å². The topological polar surface area (TPSA) is 0 Å². The Morgan fingerprint density at radius 3 is 2.60 bits per heavy atom. The molecule has 0 fully saturated rings. The van der Waals surface area contributed by atoms with Crippen molar-refractivity contribution in [3.63, 3.8) is 0 Å². The summed E-state index contributed by atoms with van der Waals surface area (Å²) in [6.45, 7) is 2.23. The van der Waals surface area contributed by atoms with E-state index in [4.69, 9.17) is 0 Å². The van der Waals surface area contributed by atoms with Gasteiger partial charge in [-0.1, -0.05) is 41.7 Å². The highest BCUT2D eigenvalue weighted by atomic mass is 32.2. The van der Waals surface area contributed by atoms with Gasteiger partial charge >= 0.3 is 0 Å². The molecular formula is C13H12S2. The Bertz CT molecular complexity index is 469. The molecule has 1 heterocycles. The zero-order chi connectivity index (χ0) is 10.3. The summed E-state index contributed by atoms with van der Waals surface area (Å²) in [5, 5.41) is 0. The zero-order valence-electron chi connectivity index (χ0n) is 8.62. The number of fused-ring (bicyclic) bond motifs is 1. The highest BCUT2D eigenvalue weighted by Crippen LogP contribution is 2.51. The van der Waals surface area contributed by atoms with E-state index in [1.807, 2.05) is 23.5 Å². The molecule has 2 heteroatoms. The molecule has 3 rings (SSSR count). The largest absolute Gasteiger partial charge is 0.0922 e. The summed E-state index contributed by atoms with van der Waals surface area (Å²) in [6.07, 6.45) is 4.79. The molecule has 15 heavy (non-hydrogen) atoms. The molecule has 0 radical (unpaired) electrons. The smallest absolute Gasteiger partial charge is 0.0262 e. The van der Waals surface area contributed by atoms with E-state index in [1.54, 1.807) is 4.91 Å². The summed E-state index contributed by atoms with van der Waals surface area (Å²) in [4.78, 5) is 5.91. The van der Waals surface area contributed by atoms with Gasteiger partial charge in [0.2, 0.25) is 0 Å². The van der Waals surface area contributed by atoms with E-state index in [2.05, 4.69) is 37.3 Å². The molecule has 76 valence electrons. The summed E-state index contributed by atoms with van der Waals surface area (Å²) >= 11 is 3.90. The normalized spacial score (nSPS) is 19.4. The Morgan fingerprint density at radius 2 is 1.80 bits per heavy atom. The molecule has 0 unspecified atom stereocenters. The van der Waals surface area contributed by atoms with E-state index in [-0.39, 0.29) is 0 Å². The fourth-order valence-corrected chi connectivity index (χ4v) is 4.49. The second-order valence-electron chi connectivity index (χ2n) is 3.83. The van der Waals surface area contributed by atoms with Crippen molar-refractivity contribution in [1.29, 1.82) is 0 Å². The third-order valence-electron chi connectivity index (χ3n) is 2.73. The van der Waals surface area contributed by atoms with Gasteiger partial charge in [-0.05, 0) is 37.5 Å². The Balaban J connectivity index is 2.05. The van der Waals surface area contributed by atoms with Crippen LogP contribution in [0.4, 0.5) is 0 Å². The molecule has 0 saturated carbocycles. The lowest BCUT2D eigenvalue weighted by molar-refractivity contribution is 0.991. The first kappa shape index (κ1) is 9.61. The van der Waals surface area contributed by atoms with E-state index >= 15 is 0 Å². The van der Waals surface area contributed by atoms with Gasteiger partial charge in [0, 0.05) is 19.6 Å². The maximum Gasteiger partial charge on any atom is 0.0262 e. The van der Waals surface area contributed by atoms with Gasteiger partial charge in [-0.15, -0.1) is 0 Å². The third-order valence-corrected chi connectivity index (χ3v) is 5.57. The van der Waals surface area contributed by atoms with Crippen LogP contribution in [-0.2, 0) is 0 Å². The van der Waals surface area contributed by atoms with Gasteiger partial charge in [-0.3, -0.25) is 0 Å². The first-order valence-corrected chi connectivity index (χ1v) is 6.83. The van der Waals surface area contributed by atoms with Crippen LogP contribution in [0.1, 0.15) is 19.8 Å². The lowest BCUT2D eigenvalue weighted by atomic mass is 10.1. The van der Waals surface area contributed by atoms with Crippen LogP contribution < -0.4 is 0 Å². The van der Waals surface area contributed by atoms with Gasteiger partial charge in [-0.2, -0.15) is 0 Å². The van der Waals surface area contributed by atoms with Gasteiger partial charge in [0.15, 0.2) is 0 Å². The fraction of sp³-hybridized carbons (Fsp3) is 0.231.